The van der Waals surface area contributed by atoms with E-state index in [-0.39, 0.29) is 9.84 Å². The van der Waals surface area contributed by atoms with E-state index >= 15 is 0 Å². The summed E-state index contributed by atoms with van der Waals surface area (Å²) in [6.45, 7) is 3.48. The lowest BCUT2D eigenvalue weighted by molar-refractivity contribution is -0.0115. The molecule has 4 heteroatoms. The molecule has 0 aromatic rings. The van der Waals surface area contributed by atoms with Crippen LogP contribution in [0.3, 0.4) is 0 Å². The third-order valence-electron chi connectivity index (χ3n) is 5.62. The molecular weight excluding hydrogens is 262 g/mol. The van der Waals surface area contributed by atoms with E-state index in [0.717, 1.165) is 12.1 Å². The molecule has 3 rings (SSSR count). The van der Waals surface area contributed by atoms with Gasteiger partial charge in [0.25, 0.3) is 0 Å². The van der Waals surface area contributed by atoms with Crippen molar-refractivity contribution in [3.63, 3.8) is 0 Å². The zero-order valence-electron chi connectivity index (χ0n) is 13.3. The second-order valence-electron chi connectivity index (χ2n) is 7.08. The Balaban J connectivity index is 1.57. The number of nitrogens with zero attached hydrogens (tertiary/aromatic N) is 2. The summed E-state index contributed by atoms with van der Waals surface area (Å²) in [5, 5.41) is 3.85. The average Bonchev–Trinajstić information content (AvgIpc) is 2.49. The molecule has 1 heterocycles. The third-order valence-corrected chi connectivity index (χ3v) is 8.00. The molecule has 0 aromatic carbocycles. The molecule has 1 aliphatic heterocycles. The standard InChI is InChI=1S/C16H33N3Si/c1-2-13-17-16-18(14-9-5-3-6-10-14)20-19(16)15-11-7-4-8-12-15/h14-17H,2-13,20H2,1H3. The first-order chi connectivity index (χ1) is 9.90. The molecule has 20 heavy (non-hydrogen) atoms. The molecule has 2 saturated carbocycles. The number of hydrogen-bond donors (Lipinski definition) is 1. The van der Waals surface area contributed by atoms with E-state index in [2.05, 4.69) is 21.4 Å². The maximum Gasteiger partial charge on any atom is 0.178 e. The Bertz CT molecular complexity index is 263. The Hall–Kier alpha value is 0.0969. The molecule has 3 fully saturated rings. The van der Waals surface area contributed by atoms with Crippen LogP contribution < -0.4 is 5.32 Å². The average molecular weight is 296 g/mol. The first-order valence-corrected chi connectivity index (χ1v) is 10.4. The second-order valence-corrected chi connectivity index (χ2v) is 8.82. The van der Waals surface area contributed by atoms with Crippen LogP contribution in [0.2, 0.25) is 0 Å². The lowest BCUT2D eigenvalue weighted by Crippen LogP contribution is -2.76. The van der Waals surface area contributed by atoms with Crippen LogP contribution in [-0.4, -0.2) is 43.9 Å². The first kappa shape index (κ1) is 15.0. The van der Waals surface area contributed by atoms with Crippen molar-refractivity contribution in [2.24, 2.45) is 0 Å². The van der Waals surface area contributed by atoms with Crippen molar-refractivity contribution in [2.45, 2.75) is 95.9 Å². The Labute approximate surface area is 127 Å². The molecule has 116 valence electrons. The summed E-state index contributed by atoms with van der Waals surface area (Å²) in [5.74, 6) is 0. The van der Waals surface area contributed by atoms with Crippen LogP contribution in [0.25, 0.3) is 0 Å². The molecule has 2 aliphatic carbocycles. The van der Waals surface area contributed by atoms with Crippen molar-refractivity contribution in [3.05, 3.63) is 0 Å². The summed E-state index contributed by atoms with van der Waals surface area (Å²) in [6.07, 6.45) is 16.6. The van der Waals surface area contributed by atoms with E-state index in [1.54, 1.807) is 0 Å². The van der Waals surface area contributed by atoms with E-state index in [0.29, 0.717) is 6.29 Å². The maximum absolute atomic E-state index is 3.85. The molecule has 0 atom stereocenters. The highest BCUT2D eigenvalue weighted by molar-refractivity contribution is 6.32. The number of nitrogens with one attached hydrogen (secondary N) is 1. The van der Waals surface area contributed by atoms with E-state index in [1.165, 1.54) is 77.2 Å². The van der Waals surface area contributed by atoms with Crippen LogP contribution in [0.5, 0.6) is 0 Å². The predicted octanol–water partition coefficient (Wildman–Crippen LogP) is 2.55. The second kappa shape index (κ2) is 7.39. The van der Waals surface area contributed by atoms with Gasteiger partial charge < -0.3 is 0 Å². The van der Waals surface area contributed by atoms with Crippen molar-refractivity contribution >= 4 is 9.84 Å². The number of hydrogen-bond acceptors (Lipinski definition) is 3. The molecule has 0 aromatic heterocycles. The zero-order chi connectivity index (χ0) is 13.8. The Morgan fingerprint density at radius 1 is 0.850 bits per heavy atom. The van der Waals surface area contributed by atoms with Gasteiger partial charge in [-0.25, -0.2) is 0 Å². The predicted molar refractivity (Wildman–Crippen MR) is 88.0 cm³/mol. The van der Waals surface area contributed by atoms with Crippen LogP contribution in [-0.2, 0) is 0 Å². The van der Waals surface area contributed by atoms with Gasteiger partial charge in [0.15, 0.2) is 9.84 Å². The minimum atomic E-state index is -0.128. The Morgan fingerprint density at radius 2 is 1.35 bits per heavy atom. The molecule has 3 nitrogen and oxygen atoms in total. The van der Waals surface area contributed by atoms with Gasteiger partial charge in [-0.15, -0.1) is 0 Å². The van der Waals surface area contributed by atoms with E-state index in [4.69, 9.17) is 0 Å². The highest BCUT2D eigenvalue weighted by atomic mass is 28.2. The van der Waals surface area contributed by atoms with Gasteiger partial charge in [0.2, 0.25) is 0 Å². The molecule has 0 bridgehead atoms. The normalized spacial score (nSPS) is 32.5. The summed E-state index contributed by atoms with van der Waals surface area (Å²) in [4.78, 5) is 0. The lowest BCUT2D eigenvalue weighted by Gasteiger charge is -2.58. The fourth-order valence-electron chi connectivity index (χ4n) is 4.40. The quantitative estimate of drug-likeness (QED) is 0.787. The Kier molecular flexibility index (Phi) is 5.54. The summed E-state index contributed by atoms with van der Waals surface area (Å²) in [6, 6.07) is 1.84. The fourth-order valence-corrected chi connectivity index (χ4v) is 6.65. The third kappa shape index (κ3) is 3.29. The molecule has 1 N–H and O–H groups in total. The molecule has 0 amide bonds. The molecule has 3 aliphatic rings. The first-order valence-electron chi connectivity index (χ1n) is 9.15. The summed E-state index contributed by atoms with van der Waals surface area (Å²) < 4.78 is 5.81. The molecule has 0 spiro atoms. The van der Waals surface area contributed by atoms with Crippen molar-refractivity contribution in [2.75, 3.05) is 6.54 Å². The van der Waals surface area contributed by atoms with Gasteiger partial charge in [0.05, 0.1) is 0 Å². The van der Waals surface area contributed by atoms with Gasteiger partial charge in [0, 0.05) is 12.1 Å². The maximum atomic E-state index is 3.85. The lowest BCUT2D eigenvalue weighted by atomic mass is 9.94. The molecule has 0 radical (unpaired) electrons. The van der Waals surface area contributed by atoms with Crippen LogP contribution in [0.15, 0.2) is 0 Å². The topological polar surface area (TPSA) is 18.5 Å². The van der Waals surface area contributed by atoms with Crippen molar-refractivity contribution < 1.29 is 0 Å². The van der Waals surface area contributed by atoms with Crippen LogP contribution in [0.1, 0.15) is 77.6 Å². The molecule has 0 unspecified atom stereocenters. The smallest absolute Gasteiger partial charge is 0.178 e. The highest BCUT2D eigenvalue weighted by Crippen LogP contribution is 2.33. The van der Waals surface area contributed by atoms with Gasteiger partial charge in [-0.1, -0.05) is 45.4 Å². The van der Waals surface area contributed by atoms with E-state index in [1.807, 2.05) is 0 Å². The van der Waals surface area contributed by atoms with Crippen molar-refractivity contribution in [1.82, 2.24) is 14.4 Å². The molecular formula is C16H33N3Si. The van der Waals surface area contributed by atoms with Crippen LogP contribution in [0.4, 0.5) is 0 Å². The zero-order valence-corrected chi connectivity index (χ0v) is 14.7. The highest BCUT2D eigenvalue weighted by Gasteiger charge is 2.43. The van der Waals surface area contributed by atoms with Crippen molar-refractivity contribution in [1.29, 1.82) is 0 Å². The van der Waals surface area contributed by atoms with E-state index in [9.17, 15) is 0 Å². The summed E-state index contributed by atoms with van der Waals surface area (Å²) in [5.41, 5.74) is 0. The number of rotatable bonds is 5. The van der Waals surface area contributed by atoms with Crippen LogP contribution in [0, 0.1) is 0 Å². The largest absolute Gasteiger partial charge is 0.290 e. The van der Waals surface area contributed by atoms with Gasteiger partial charge in [0.1, 0.15) is 6.29 Å². The fraction of sp³-hybridized carbons (Fsp3) is 1.00. The van der Waals surface area contributed by atoms with Gasteiger partial charge in [-0.3, -0.25) is 14.4 Å². The molecule has 1 saturated heterocycles. The summed E-state index contributed by atoms with van der Waals surface area (Å²) >= 11 is 0. The minimum Gasteiger partial charge on any atom is -0.290 e. The van der Waals surface area contributed by atoms with Crippen LogP contribution >= 0.6 is 0 Å². The van der Waals surface area contributed by atoms with Gasteiger partial charge >= 0.3 is 0 Å². The van der Waals surface area contributed by atoms with E-state index < -0.39 is 0 Å². The van der Waals surface area contributed by atoms with Gasteiger partial charge in [-0.2, -0.15) is 0 Å². The Morgan fingerprint density at radius 3 is 1.80 bits per heavy atom. The minimum absolute atomic E-state index is 0.128. The van der Waals surface area contributed by atoms with Crippen molar-refractivity contribution in [3.8, 4) is 0 Å². The van der Waals surface area contributed by atoms with Gasteiger partial charge in [-0.05, 0) is 38.6 Å². The SMILES string of the molecule is CCCNC1N(C2CCCCC2)[SiH2]N1C1CCCCC1. The summed E-state index contributed by atoms with van der Waals surface area (Å²) in [7, 11) is -0.128. The monoisotopic (exact) mass is 295 g/mol.